The first kappa shape index (κ1) is 8.99. The van der Waals surface area contributed by atoms with Gasteiger partial charge in [0.25, 0.3) is 0 Å². The summed E-state index contributed by atoms with van der Waals surface area (Å²) in [6.45, 7) is -0.899. The van der Waals surface area contributed by atoms with E-state index in [1.165, 1.54) is 0 Å². The van der Waals surface area contributed by atoms with E-state index in [0.717, 1.165) is 0 Å². The molecule has 9 heavy (non-hydrogen) atoms. The lowest BCUT2D eigenvalue weighted by molar-refractivity contribution is 0.0547. The number of aliphatic hydroxyl groups is 2. The van der Waals surface area contributed by atoms with Crippen molar-refractivity contribution < 1.29 is 23.2 Å². The topological polar surface area (TPSA) is 89.8 Å². The average molecular weight is 155 g/mol. The summed E-state index contributed by atoms with van der Waals surface area (Å²) in [5.74, 6) is 0. The van der Waals surface area contributed by atoms with E-state index in [1.54, 1.807) is 0 Å². The Kier molecular flexibility index (Phi) is 4.83. The number of hydrogen-bond donors (Lipinski definition) is 2. The fourth-order valence-electron chi connectivity index (χ4n) is 0.187. The molecular formula is C3H7O5S-. The summed E-state index contributed by atoms with van der Waals surface area (Å²) in [5.41, 5.74) is 0. The van der Waals surface area contributed by atoms with Gasteiger partial charge >= 0.3 is 0 Å². The molecule has 0 saturated carbocycles. The van der Waals surface area contributed by atoms with Crippen molar-refractivity contribution in [1.82, 2.24) is 0 Å². The first-order valence-electron chi connectivity index (χ1n) is 2.18. The maximum absolute atomic E-state index is 9.60. The third-order valence-electron chi connectivity index (χ3n) is 0.567. The van der Waals surface area contributed by atoms with Crippen molar-refractivity contribution in [3.8, 4) is 0 Å². The Morgan fingerprint density at radius 3 is 2.67 bits per heavy atom. The molecule has 56 valence electrons. The molecule has 0 aromatic carbocycles. The molecule has 6 heteroatoms. The van der Waals surface area contributed by atoms with Gasteiger partial charge in [-0.3, -0.25) is 4.18 Å². The lowest BCUT2D eigenvalue weighted by Crippen LogP contribution is -2.19. The van der Waals surface area contributed by atoms with Crippen LogP contribution in [0.1, 0.15) is 0 Å². The minimum Gasteiger partial charge on any atom is -0.750 e. The molecule has 0 saturated heterocycles. The van der Waals surface area contributed by atoms with E-state index < -0.39 is 30.7 Å². The van der Waals surface area contributed by atoms with Gasteiger partial charge in [0.05, 0.1) is 24.6 Å². The Morgan fingerprint density at radius 1 is 1.78 bits per heavy atom. The molecule has 0 spiro atoms. The summed E-state index contributed by atoms with van der Waals surface area (Å²) in [5, 5.41) is 16.6. The first-order valence-corrected chi connectivity index (χ1v) is 3.18. The lowest BCUT2D eigenvalue weighted by atomic mass is 10.4. The highest BCUT2D eigenvalue weighted by Gasteiger charge is 1.99. The summed E-state index contributed by atoms with van der Waals surface area (Å²) in [6.07, 6.45) is -1.12. The zero-order valence-corrected chi connectivity index (χ0v) is 5.34. The number of hydrogen-bond acceptors (Lipinski definition) is 5. The van der Waals surface area contributed by atoms with Gasteiger partial charge in [-0.15, -0.1) is 0 Å². The maximum atomic E-state index is 9.60. The summed E-state index contributed by atoms with van der Waals surface area (Å²) >= 11 is -2.61. The summed E-state index contributed by atoms with van der Waals surface area (Å²) in [7, 11) is 0. The summed E-state index contributed by atoms with van der Waals surface area (Å²) in [6, 6.07) is 0. The monoisotopic (exact) mass is 155 g/mol. The average Bonchev–Trinajstić information content (AvgIpc) is 1.83. The van der Waals surface area contributed by atoms with Crippen molar-refractivity contribution in [1.29, 1.82) is 0 Å². The Morgan fingerprint density at radius 2 is 2.33 bits per heavy atom. The van der Waals surface area contributed by atoms with E-state index in [-0.39, 0.29) is 0 Å². The minimum absolute atomic E-state index is 0.396. The lowest BCUT2D eigenvalue weighted by Gasteiger charge is -2.08. The standard InChI is InChI=1S/C3H8O5S/c4-1-3(5)2-8-9(6)7/h3-5H,1-2H2,(H,6,7)/p-1. The minimum atomic E-state index is -2.61. The second-order valence-corrected chi connectivity index (χ2v) is 1.97. The van der Waals surface area contributed by atoms with Crippen LogP contribution in [0.15, 0.2) is 0 Å². The zero-order valence-electron chi connectivity index (χ0n) is 4.52. The molecule has 0 aromatic rings. The van der Waals surface area contributed by atoms with Crippen LogP contribution in [0.25, 0.3) is 0 Å². The van der Waals surface area contributed by atoms with Gasteiger partial charge in [0, 0.05) is 0 Å². The van der Waals surface area contributed by atoms with Crippen LogP contribution in [-0.4, -0.2) is 38.3 Å². The molecule has 0 bridgehead atoms. The Bertz CT molecular complexity index is 94.2. The molecule has 0 aliphatic heterocycles. The molecule has 2 atom stereocenters. The molecule has 0 fully saturated rings. The molecule has 5 nitrogen and oxygen atoms in total. The highest BCUT2D eigenvalue weighted by atomic mass is 32.2. The van der Waals surface area contributed by atoms with E-state index >= 15 is 0 Å². The van der Waals surface area contributed by atoms with Crippen LogP contribution >= 0.6 is 0 Å². The van der Waals surface area contributed by atoms with Crippen LogP contribution in [0.4, 0.5) is 0 Å². The highest BCUT2D eigenvalue weighted by Crippen LogP contribution is 1.84. The van der Waals surface area contributed by atoms with Crippen LogP contribution in [0.5, 0.6) is 0 Å². The SMILES string of the molecule is O=S([O-])OCC(O)CO. The molecule has 0 heterocycles. The molecule has 2 N–H and O–H groups in total. The van der Waals surface area contributed by atoms with Crippen molar-refractivity contribution in [3.63, 3.8) is 0 Å². The maximum Gasteiger partial charge on any atom is 0.102 e. The van der Waals surface area contributed by atoms with Crippen LogP contribution in [0, 0.1) is 0 Å². The predicted molar refractivity (Wildman–Crippen MR) is 28.0 cm³/mol. The van der Waals surface area contributed by atoms with Crippen LogP contribution in [0.2, 0.25) is 0 Å². The molecule has 0 radical (unpaired) electrons. The van der Waals surface area contributed by atoms with Gasteiger partial charge in [0.15, 0.2) is 0 Å². The fourth-order valence-corrected chi connectivity index (χ4v) is 0.455. The van der Waals surface area contributed by atoms with Gasteiger partial charge in [-0.25, -0.2) is 4.21 Å². The summed E-state index contributed by atoms with van der Waals surface area (Å²) in [4.78, 5) is 0. The molecule has 0 amide bonds. The van der Waals surface area contributed by atoms with E-state index in [1.807, 2.05) is 0 Å². The van der Waals surface area contributed by atoms with Gasteiger partial charge in [0.2, 0.25) is 0 Å². The predicted octanol–water partition coefficient (Wildman–Crippen LogP) is -1.85. The molecule has 0 aliphatic rings. The Hall–Kier alpha value is -0.0100. The smallest absolute Gasteiger partial charge is 0.102 e. The van der Waals surface area contributed by atoms with Gasteiger partial charge < -0.3 is 14.8 Å². The second kappa shape index (κ2) is 4.83. The van der Waals surface area contributed by atoms with E-state index in [4.69, 9.17) is 10.2 Å². The zero-order chi connectivity index (χ0) is 7.28. The van der Waals surface area contributed by atoms with Gasteiger partial charge in [-0.1, -0.05) is 0 Å². The van der Waals surface area contributed by atoms with E-state index in [9.17, 15) is 8.76 Å². The summed E-state index contributed by atoms with van der Waals surface area (Å²) < 4.78 is 23.1. The van der Waals surface area contributed by atoms with Crippen molar-refractivity contribution in [2.24, 2.45) is 0 Å². The van der Waals surface area contributed by atoms with Crippen LogP contribution in [-0.2, 0) is 15.5 Å². The molecule has 2 unspecified atom stereocenters. The highest BCUT2D eigenvalue weighted by molar-refractivity contribution is 7.74. The number of rotatable bonds is 4. The van der Waals surface area contributed by atoms with Gasteiger partial charge in [-0.2, -0.15) is 0 Å². The van der Waals surface area contributed by atoms with Crippen molar-refractivity contribution in [3.05, 3.63) is 0 Å². The Labute approximate surface area is 54.8 Å². The largest absolute Gasteiger partial charge is 0.750 e. The molecule has 0 aromatic heterocycles. The fraction of sp³-hybridized carbons (Fsp3) is 1.00. The van der Waals surface area contributed by atoms with Crippen molar-refractivity contribution >= 4 is 11.4 Å². The number of aliphatic hydroxyl groups excluding tert-OH is 2. The van der Waals surface area contributed by atoms with Crippen LogP contribution < -0.4 is 0 Å². The van der Waals surface area contributed by atoms with Gasteiger partial charge in [0.1, 0.15) is 6.10 Å². The third kappa shape index (κ3) is 5.87. The van der Waals surface area contributed by atoms with Gasteiger partial charge in [-0.05, 0) is 0 Å². The normalized spacial score (nSPS) is 17.2. The van der Waals surface area contributed by atoms with Crippen LogP contribution in [0.3, 0.4) is 0 Å². The third-order valence-corrected chi connectivity index (χ3v) is 0.896. The van der Waals surface area contributed by atoms with Crippen molar-refractivity contribution in [2.75, 3.05) is 13.2 Å². The van der Waals surface area contributed by atoms with E-state index in [0.29, 0.717) is 0 Å². The Balaban J connectivity index is 3.16. The quantitative estimate of drug-likeness (QED) is 0.465. The first-order chi connectivity index (χ1) is 4.16. The molecular weight excluding hydrogens is 148 g/mol. The van der Waals surface area contributed by atoms with E-state index in [2.05, 4.69) is 4.18 Å². The van der Waals surface area contributed by atoms with Crippen molar-refractivity contribution in [2.45, 2.75) is 6.10 Å². The molecule has 0 rings (SSSR count). The molecule has 0 aliphatic carbocycles. The second-order valence-electron chi connectivity index (χ2n) is 1.33.